The standard InChI is InChI=1S/C20H24N2O3S/c1-4-14(2)21-26(24,25)18-10-11-19-17(13-18)12-15(3)22(19)20(23)16-8-6-5-7-9-16/h5-11,13-15,21H,4,12H2,1-3H3/t14-,15+/m0/s1. The molecule has 3 rings (SSSR count). The molecule has 0 bridgehead atoms. The third-order valence-electron chi connectivity index (χ3n) is 4.79. The lowest BCUT2D eigenvalue weighted by Gasteiger charge is -2.23. The second-order valence-corrected chi connectivity index (χ2v) is 8.53. The molecule has 0 radical (unpaired) electrons. The van der Waals surface area contributed by atoms with E-state index in [9.17, 15) is 13.2 Å². The number of hydrogen-bond donors (Lipinski definition) is 1. The highest BCUT2D eigenvalue weighted by Gasteiger charge is 2.32. The molecule has 0 aliphatic carbocycles. The van der Waals surface area contributed by atoms with Crippen LogP contribution in [0.4, 0.5) is 5.69 Å². The predicted octanol–water partition coefficient (Wildman–Crippen LogP) is 3.35. The zero-order valence-electron chi connectivity index (χ0n) is 15.3. The minimum absolute atomic E-state index is 0.0156. The Morgan fingerprint density at radius 1 is 1.23 bits per heavy atom. The van der Waals surface area contributed by atoms with Crippen LogP contribution in [0, 0.1) is 0 Å². The van der Waals surface area contributed by atoms with Crippen molar-refractivity contribution in [2.24, 2.45) is 0 Å². The Bertz CT molecular complexity index is 910. The fourth-order valence-corrected chi connectivity index (χ4v) is 4.60. The van der Waals surface area contributed by atoms with Gasteiger partial charge in [0.15, 0.2) is 0 Å². The summed E-state index contributed by atoms with van der Waals surface area (Å²) < 4.78 is 27.7. The molecular weight excluding hydrogens is 348 g/mol. The van der Waals surface area contributed by atoms with Gasteiger partial charge >= 0.3 is 0 Å². The fraction of sp³-hybridized carbons (Fsp3) is 0.350. The van der Waals surface area contributed by atoms with Crippen molar-refractivity contribution >= 4 is 21.6 Å². The third-order valence-corrected chi connectivity index (χ3v) is 6.37. The van der Waals surface area contributed by atoms with E-state index in [1.165, 1.54) is 0 Å². The van der Waals surface area contributed by atoms with Gasteiger partial charge in [0.05, 0.1) is 4.90 Å². The number of benzene rings is 2. The van der Waals surface area contributed by atoms with Gasteiger partial charge in [-0.2, -0.15) is 0 Å². The first-order valence-electron chi connectivity index (χ1n) is 8.87. The average Bonchev–Trinajstić information content (AvgIpc) is 2.96. The lowest BCUT2D eigenvalue weighted by Crippen LogP contribution is -2.35. The van der Waals surface area contributed by atoms with Gasteiger partial charge in [-0.25, -0.2) is 13.1 Å². The molecule has 2 aromatic rings. The van der Waals surface area contributed by atoms with Gasteiger partial charge in [-0.1, -0.05) is 25.1 Å². The van der Waals surface area contributed by atoms with Crippen molar-refractivity contribution in [3.63, 3.8) is 0 Å². The van der Waals surface area contributed by atoms with Crippen molar-refractivity contribution in [2.45, 2.75) is 50.6 Å². The Hall–Kier alpha value is -2.18. The molecule has 2 atom stereocenters. The van der Waals surface area contributed by atoms with Gasteiger partial charge < -0.3 is 4.90 Å². The Kier molecular flexibility index (Phi) is 5.16. The second-order valence-electron chi connectivity index (χ2n) is 6.82. The van der Waals surface area contributed by atoms with Crippen molar-refractivity contribution in [1.82, 2.24) is 4.72 Å². The van der Waals surface area contributed by atoms with E-state index in [1.54, 1.807) is 35.2 Å². The summed E-state index contributed by atoms with van der Waals surface area (Å²) in [6.07, 6.45) is 1.36. The van der Waals surface area contributed by atoms with Crippen LogP contribution in [0.5, 0.6) is 0 Å². The minimum atomic E-state index is -3.55. The van der Waals surface area contributed by atoms with Crippen molar-refractivity contribution in [3.8, 4) is 0 Å². The summed E-state index contributed by atoms with van der Waals surface area (Å²) in [4.78, 5) is 14.9. The molecular formula is C20H24N2O3S. The quantitative estimate of drug-likeness (QED) is 0.875. The van der Waals surface area contributed by atoms with E-state index in [0.717, 1.165) is 17.7 Å². The predicted molar refractivity (Wildman–Crippen MR) is 103 cm³/mol. The van der Waals surface area contributed by atoms with E-state index in [1.807, 2.05) is 39.0 Å². The molecule has 0 saturated carbocycles. The molecule has 0 spiro atoms. The van der Waals surface area contributed by atoms with Crippen LogP contribution in [0.1, 0.15) is 43.1 Å². The number of rotatable bonds is 5. The number of sulfonamides is 1. The highest BCUT2D eigenvalue weighted by Crippen LogP contribution is 2.35. The van der Waals surface area contributed by atoms with Crippen LogP contribution in [0.3, 0.4) is 0 Å². The zero-order valence-corrected chi connectivity index (χ0v) is 16.1. The summed E-state index contributed by atoms with van der Waals surface area (Å²) in [5.41, 5.74) is 2.30. The van der Waals surface area contributed by atoms with E-state index in [4.69, 9.17) is 0 Å². The van der Waals surface area contributed by atoms with Crippen LogP contribution >= 0.6 is 0 Å². The van der Waals surface area contributed by atoms with Crippen LogP contribution in [-0.2, 0) is 16.4 Å². The van der Waals surface area contributed by atoms with Gasteiger partial charge in [-0.15, -0.1) is 0 Å². The molecule has 1 heterocycles. The number of fused-ring (bicyclic) bond motifs is 1. The first kappa shape index (κ1) is 18.6. The van der Waals surface area contributed by atoms with Gasteiger partial charge in [0.2, 0.25) is 10.0 Å². The molecule has 138 valence electrons. The molecule has 6 heteroatoms. The van der Waals surface area contributed by atoms with Crippen molar-refractivity contribution in [1.29, 1.82) is 0 Å². The maximum absolute atomic E-state index is 12.9. The first-order chi connectivity index (χ1) is 12.3. The summed E-state index contributed by atoms with van der Waals surface area (Å²) in [5.74, 6) is -0.0646. The van der Waals surface area contributed by atoms with Crippen LogP contribution in [-0.4, -0.2) is 26.4 Å². The van der Waals surface area contributed by atoms with E-state index in [2.05, 4.69) is 4.72 Å². The summed E-state index contributed by atoms with van der Waals surface area (Å²) >= 11 is 0. The van der Waals surface area contributed by atoms with Gasteiger partial charge in [0.1, 0.15) is 0 Å². The van der Waals surface area contributed by atoms with Crippen molar-refractivity contribution in [2.75, 3.05) is 4.90 Å². The van der Waals surface area contributed by atoms with E-state index >= 15 is 0 Å². The van der Waals surface area contributed by atoms with E-state index < -0.39 is 10.0 Å². The lowest BCUT2D eigenvalue weighted by molar-refractivity contribution is 0.0981. The second kappa shape index (κ2) is 7.21. The number of anilines is 1. The molecule has 5 nitrogen and oxygen atoms in total. The summed E-state index contributed by atoms with van der Waals surface area (Å²) in [6.45, 7) is 5.75. The Balaban J connectivity index is 1.93. The minimum Gasteiger partial charge on any atom is -0.305 e. The number of carbonyl (C=O) groups excluding carboxylic acids is 1. The average molecular weight is 372 g/mol. The monoisotopic (exact) mass is 372 g/mol. The van der Waals surface area contributed by atoms with Gasteiger partial charge in [-0.3, -0.25) is 4.79 Å². The Morgan fingerprint density at radius 2 is 1.92 bits per heavy atom. The van der Waals surface area contributed by atoms with Gasteiger partial charge in [-0.05, 0) is 62.6 Å². The van der Waals surface area contributed by atoms with Crippen LogP contribution in [0.15, 0.2) is 53.4 Å². The van der Waals surface area contributed by atoms with Crippen LogP contribution in [0.2, 0.25) is 0 Å². The molecule has 0 saturated heterocycles. The fourth-order valence-electron chi connectivity index (χ4n) is 3.22. The molecule has 1 aliphatic heterocycles. The highest BCUT2D eigenvalue weighted by molar-refractivity contribution is 7.89. The molecule has 1 aliphatic rings. The molecule has 2 aromatic carbocycles. The first-order valence-corrected chi connectivity index (χ1v) is 10.4. The largest absolute Gasteiger partial charge is 0.305 e. The normalized spacial score (nSPS) is 17.8. The number of nitrogens with zero attached hydrogens (tertiary/aromatic N) is 1. The Morgan fingerprint density at radius 3 is 2.58 bits per heavy atom. The smallest absolute Gasteiger partial charge is 0.258 e. The molecule has 0 aromatic heterocycles. The summed E-state index contributed by atoms with van der Waals surface area (Å²) in [5, 5.41) is 0. The molecule has 26 heavy (non-hydrogen) atoms. The number of carbonyl (C=O) groups is 1. The third kappa shape index (κ3) is 3.52. The summed E-state index contributed by atoms with van der Waals surface area (Å²) in [6, 6.07) is 14.0. The maximum atomic E-state index is 12.9. The maximum Gasteiger partial charge on any atom is 0.258 e. The molecule has 0 unspecified atom stereocenters. The van der Waals surface area contributed by atoms with Crippen molar-refractivity contribution in [3.05, 3.63) is 59.7 Å². The molecule has 0 fully saturated rings. The van der Waals surface area contributed by atoms with E-state index in [-0.39, 0.29) is 22.9 Å². The van der Waals surface area contributed by atoms with Crippen LogP contribution < -0.4 is 9.62 Å². The van der Waals surface area contributed by atoms with Crippen molar-refractivity contribution < 1.29 is 13.2 Å². The van der Waals surface area contributed by atoms with Gasteiger partial charge in [0.25, 0.3) is 5.91 Å². The number of hydrogen-bond acceptors (Lipinski definition) is 3. The van der Waals surface area contributed by atoms with Crippen LogP contribution in [0.25, 0.3) is 0 Å². The molecule has 1 amide bonds. The lowest BCUT2D eigenvalue weighted by atomic mass is 10.1. The topological polar surface area (TPSA) is 66.5 Å². The number of amides is 1. The Labute approximate surface area is 155 Å². The van der Waals surface area contributed by atoms with Gasteiger partial charge in [0, 0.05) is 23.3 Å². The van der Waals surface area contributed by atoms with E-state index in [0.29, 0.717) is 12.0 Å². The highest BCUT2D eigenvalue weighted by atomic mass is 32.2. The summed E-state index contributed by atoms with van der Waals surface area (Å²) in [7, 11) is -3.55. The SMILES string of the molecule is CC[C@H](C)NS(=O)(=O)c1ccc2c(c1)C[C@@H](C)N2C(=O)c1ccccc1. The number of nitrogens with one attached hydrogen (secondary N) is 1. The molecule has 1 N–H and O–H groups in total. The zero-order chi connectivity index (χ0) is 18.9.